The molecule has 1 rings (SSSR count). The molecule has 0 fully saturated rings. The van der Waals surface area contributed by atoms with Crippen molar-refractivity contribution in [3.05, 3.63) is 32.6 Å². The van der Waals surface area contributed by atoms with Gasteiger partial charge in [-0.1, -0.05) is 0 Å². The van der Waals surface area contributed by atoms with Crippen LogP contribution in [0.2, 0.25) is 0 Å². The molecule has 0 amide bonds. The average molecular weight is 278 g/mol. The first-order chi connectivity index (χ1) is 5.52. The van der Waals surface area contributed by atoms with E-state index in [9.17, 15) is 9.18 Å². The van der Waals surface area contributed by atoms with Crippen molar-refractivity contribution in [1.82, 2.24) is 0 Å². The Morgan fingerprint density at radius 2 is 2.08 bits per heavy atom. The molecule has 0 saturated carbocycles. The van der Waals surface area contributed by atoms with E-state index in [-0.39, 0.29) is 11.6 Å². The lowest BCUT2D eigenvalue weighted by Crippen LogP contribution is -1.96. The zero-order chi connectivity index (χ0) is 9.30. The van der Waals surface area contributed by atoms with Crippen LogP contribution < -0.4 is 0 Å². The molecule has 1 nitrogen and oxygen atoms in total. The van der Waals surface area contributed by atoms with Gasteiger partial charge >= 0.3 is 0 Å². The van der Waals surface area contributed by atoms with Crippen molar-refractivity contribution in [3.8, 4) is 0 Å². The third kappa shape index (κ3) is 1.83. The molecule has 0 unspecified atom stereocenters. The van der Waals surface area contributed by atoms with Crippen molar-refractivity contribution in [2.24, 2.45) is 0 Å². The second-order valence-corrected chi connectivity index (χ2v) is 3.72. The molecule has 0 radical (unpaired) electrons. The SMILES string of the molecule is CC(=O)c1cc(C)c(I)c(F)c1. The number of benzene rings is 1. The second-order valence-electron chi connectivity index (χ2n) is 2.65. The summed E-state index contributed by atoms with van der Waals surface area (Å²) in [6.45, 7) is 3.22. The van der Waals surface area contributed by atoms with Gasteiger partial charge in [0, 0.05) is 5.56 Å². The molecule has 0 N–H and O–H groups in total. The summed E-state index contributed by atoms with van der Waals surface area (Å²) in [4.78, 5) is 10.9. The molecule has 0 bridgehead atoms. The minimum atomic E-state index is -0.319. The van der Waals surface area contributed by atoms with Crippen LogP contribution in [0.1, 0.15) is 22.8 Å². The summed E-state index contributed by atoms with van der Waals surface area (Å²) in [5.74, 6) is -0.422. The summed E-state index contributed by atoms with van der Waals surface area (Å²) in [5.41, 5.74) is 1.24. The van der Waals surface area contributed by atoms with E-state index in [0.29, 0.717) is 9.13 Å². The van der Waals surface area contributed by atoms with Crippen LogP contribution in [0.5, 0.6) is 0 Å². The molecule has 0 aliphatic carbocycles. The summed E-state index contributed by atoms with van der Waals surface area (Å²) < 4.78 is 13.6. The lowest BCUT2D eigenvalue weighted by atomic mass is 10.1. The van der Waals surface area contributed by atoms with Gasteiger partial charge in [0.2, 0.25) is 0 Å². The van der Waals surface area contributed by atoms with Crippen LogP contribution in [0.3, 0.4) is 0 Å². The Labute approximate surface area is 84.1 Å². The molecule has 1 aromatic rings. The standard InChI is InChI=1S/C9H8FIO/c1-5-3-7(6(2)12)4-8(10)9(5)11/h3-4H,1-2H3. The van der Waals surface area contributed by atoms with E-state index in [1.807, 2.05) is 22.6 Å². The van der Waals surface area contributed by atoms with Gasteiger partial charge in [-0.05, 0) is 54.1 Å². The van der Waals surface area contributed by atoms with Crippen LogP contribution in [0.25, 0.3) is 0 Å². The number of Topliss-reactive ketones (excluding diaryl/α,β-unsaturated/α-hetero) is 1. The molecule has 0 aliphatic rings. The third-order valence-electron chi connectivity index (χ3n) is 1.62. The zero-order valence-corrected chi connectivity index (χ0v) is 8.98. The van der Waals surface area contributed by atoms with Gasteiger partial charge in [0.15, 0.2) is 5.78 Å². The maximum atomic E-state index is 13.0. The van der Waals surface area contributed by atoms with E-state index in [1.54, 1.807) is 13.0 Å². The van der Waals surface area contributed by atoms with E-state index in [0.717, 1.165) is 5.56 Å². The Morgan fingerprint density at radius 1 is 1.50 bits per heavy atom. The van der Waals surface area contributed by atoms with E-state index in [4.69, 9.17) is 0 Å². The molecule has 12 heavy (non-hydrogen) atoms. The molecule has 0 saturated heterocycles. The number of ketones is 1. The third-order valence-corrected chi connectivity index (χ3v) is 2.98. The molecular weight excluding hydrogens is 270 g/mol. The number of halogens is 2. The Hall–Kier alpha value is -0.450. The summed E-state index contributed by atoms with van der Waals surface area (Å²) in [6.07, 6.45) is 0. The fourth-order valence-corrected chi connectivity index (χ4v) is 1.24. The van der Waals surface area contributed by atoms with Crippen molar-refractivity contribution in [3.63, 3.8) is 0 Å². The number of carbonyl (C=O) groups excluding carboxylic acids is 1. The molecule has 0 heterocycles. The molecular formula is C9H8FIO. The van der Waals surface area contributed by atoms with Gasteiger partial charge in [-0.2, -0.15) is 0 Å². The number of hydrogen-bond donors (Lipinski definition) is 0. The zero-order valence-electron chi connectivity index (χ0n) is 6.82. The minimum absolute atomic E-state index is 0.103. The largest absolute Gasteiger partial charge is 0.295 e. The highest BCUT2D eigenvalue weighted by molar-refractivity contribution is 14.1. The fourth-order valence-electron chi connectivity index (χ4n) is 0.930. The molecule has 0 aromatic heterocycles. The predicted octanol–water partition coefficient (Wildman–Crippen LogP) is 2.94. The van der Waals surface area contributed by atoms with E-state index < -0.39 is 0 Å². The van der Waals surface area contributed by atoms with Crippen LogP contribution in [0, 0.1) is 16.3 Å². The maximum Gasteiger partial charge on any atom is 0.159 e. The normalized spacial score (nSPS) is 10.0. The van der Waals surface area contributed by atoms with Crippen LogP contribution in [0.15, 0.2) is 12.1 Å². The van der Waals surface area contributed by atoms with E-state index in [1.165, 1.54) is 13.0 Å². The van der Waals surface area contributed by atoms with Gasteiger partial charge in [-0.25, -0.2) is 4.39 Å². The van der Waals surface area contributed by atoms with Crippen LogP contribution in [-0.4, -0.2) is 5.78 Å². The molecule has 1 aromatic carbocycles. The Bertz CT molecular complexity index is 310. The van der Waals surface area contributed by atoms with Crippen LogP contribution >= 0.6 is 22.6 Å². The van der Waals surface area contributed by atoms with Crippen molar-refractivity contribution < 1.29 is 9.18 Å². The highest BCUT2D eigenvalue weighted by Gasteiger charge is 2.07. The van der Waals surface area contributed by atoms with Gasteiger partial charge in [0.25, 0.3) is 0 Å². The lowest BCUT2D eigenvalue weighted by Gasteiger charge is -2.02. The topological polar surface area (TPSA) is 17.1 Å². The first-order valence-electron chi connectivity index (χ1n) is 3.49. The maximum absolute atomic E-state index is 13.0. The van der Waals surface area contributed by atoms with Gasteiger partial charge in [0.1, 0.15) is 5.82 Å². The highest BCUT2D eigenvalue weighted by Crippen LogP contribution is 2.17. The summed E-state index contributed by atoms with van der Waals surface area (Å²) >= 11 is 1.92. The highest BCUT2D eigenvalue weighted by atomic mass is 127. The monoisotopic (exact) mass is 278 g/mol. The number of rotatable bonds is 1. The summed E-state index contributed by atoms with van der Waals surface area (Å²) in [5, 5.41) is 0. The van der Waals surface area contributed by atoms with Gasteiger partial charge in [-0.15, -0.1) is 0 Å². The van der Waals surface area contributed by atoms with E-state index >= 15 is 0 Å². The predicted molar refractivity (Wildman–Crippen MR) is 53.9 cm³/mol. The fraction of sp³-hybridized carbons (Fsp3) is 0.222. The molecule has 3 heteroatoms. The van der Waals surface area contributed by atoms with Crippen LogP contribution in [-0.2, 0) is 0 Å². The van der Waals surface area contributed by atoms with Crippen molar-refractivity contribution in [1.29, 1.82) is 0 Å². The summed E-state index contributed by atoms with van der Waals surface area (Å²) in [6, 6.07) is 2.98. The molecule has 0 spiro atoms. The van der Waals surface area contributed by atoms with Crippen LogP contribution in [0.4, 0.5) is 4.39 Å². The smallest absolute Gasteiger partial charge is 0.159 e. The molecule has 0 aliphatic heterocycles. The number of aryl methyl sites for hydroxylation is 1. The van der Waals surface area contributed by atoms with E-state index in [2.05, 4.69) is 0 Å². The van der Waals surface area contributed by atoms with Gasteiger partial charge in [0.05, 0.1) is 3.57 Å². The quantitative estimate of drug-likeness (QED) is 0.570. The Balaban J connectivity index is 3.31. The van der Waals surface area contributed by atoms with Gasteiger partial charge in [-0.3, -0.25) is 4.79 Å². The minimum Gasteiger partial charge on any atom is -0.295 e. The first-order valence-corrected chi connectivity index (χ1v) is 4.57. The average Bonchev–Trinajstić information content (AvgIpc) is 1.99. The first kappa shape index (κ1) is 9.64. The summed E-state index contributed by atoms with van der Waals surface area (Å²) in [7, 11) is 0. The Morgan fingerprint density at radius 3 is 2.50 bits per heavy atom. The molecule has 64 valence electrons. The van der Waals surface area contributed by atoms with Crippen molar-refractivity contribution in [2.45, 2.75) is 13.8 Å². The van der Waals surface area contributed by atoms with Crippen molar-refractivity contribution in [2.75, 3.05) is 0 Å². The Kier molecular flexibility index (Phi) is 2.82. The number of hydrogen-bond acceptors (Lipinski definition) is 1. The van der Waals surface area contributed by atoms with Crippen molar-refractivity contribution >= 4 is 28.4 Å². The second kappa shape index (κ2) is 3.51. The lowest BCUT2D eigenvalue weighted by molar-refractivity contribution is 0.101. The number of carbonyl (C=O) groups is 1. The van der Waals surface area contributed by atoms with Gasteiger partial charge < -0.3 is 0 Å². The molecule has 0 atom stereocenters.